The standard InChI is InChI=1S/C18H35N3/c1-5-8-9-10-11-12-17(19-7-3)15-18-13-14-21(20-18)16(4)6-2/h13-14,16-17,19H,5-12,15H2,1-4H3. The van der Waals surface area contributed by atoms with Gasteiger partial charge >= 0.3 is 0 Å². The Bertz CT molecular complexity index is 359. The van der Waals surface area contributed by atoms with Gasteiger partial charge in [-0.25, -0.2) is 0 Å². The summed E-state index contributed by atoms with van der Waals surface area (Å²) in [6, 6.07) is 3.27. The molecule has 0 aliphatic heterocycles. The second-order valence-corrected chi connectivity index (χ2v) is 6.21. The Morgan fingerprint density at radius 3 is 2.57 bits per heavy atom. The van der Waals surface area contributed by atoms with Gasteiger partial charge in [0, 0.05) is 24.7 Å². The van der Waals surface area contributed by atoms with Crippen molar-refractivity contribution >= 4 is 0 Å². The molecule has 0 fully saturated rings. The van der Waals surface area contributed by atoms with E-state index in [9.17, 15) is 0 Å². The van der Waals surface area contributed by atoms with Crippen LogP contribution in [0.2, 0.25) is 0 Å². The molecule has 0 aliphatic carbocycles. The van der Waals surface area contributed by atoms with Crippen LogP contribution in [0.5, 0.6) is 0 Å². The summed E-state index contributed by atoms with van der Waals surface area (Å²) in [5, 5.41) is 8.36. The molecule has 21 heavy (non-hydrogen) atoms. The van der Waals surface area contributed by atoms with Crippen LogP contribution in [0.3, 0.4) is 0 Å². The van der Waals surface area contributed by atoms with E-state index >= 15 is 0 Å². The first kappa shape index (κ1) is 18.2. The molecule has 0 spiro atoms. The molecule has 0 saturated carbocycles. The number of hydrogen-bond acceptors (Lipinski definition) is 2. The number of hydrogen-bond donors (Lipinski definition) is 1. The van der Waals surface area contributed by atoms with Crippen LogP contribution in [-0.4, -0.2) is 22.4 Å². The summed E-state index contributed by atoms with van der Waals surface area (Å²) < 4.78 is 2.11. The highest BCUT2D eigenvalue weighted by Crippen LogP contribution is 2.13. The molecule has 3 heteroatoms. The van der Waals surface area contributed by atoms with Gasteiger partial charge in [-0.3, -0.25) is 4.68 Å². The molecule has 0 bridgehead atoms. The second-order valence-electron chi connectivity index (χ2n) is 6.21. The maximum Gasteiger partial charge on any atom is 0.0640 e. The van der Waals surface area contributed by atoms with Crippen molar-refractivity contribution in [3.05, 3.63) is 18.0 Å². The first-order valence-electron chi connectivity index (χ1n) is 8.98. The van der Waals surface area contributed by atoms with Crippen molar-refractivity contribution in [2.45, 2.75) is 91.1 Å². The number of likely N-dealkylation sites (N-methyl/N-ethyl adjacent to an activating group) is 1. The molecule has 2 atom stereocenters. The zero-order valence-electron chi connectivity index (χ0n) is 14.6. The van der Waals surface area contributed by atoms with Crippen LogP contribution >= 0.6 is 0 Å². The number of nitrogens with zero attached hydrogens (tertiary/aromatic N) is 2. The van der Waals surface area contributed by atoms with Crippen LogP contribution < -0.4 is 5.32 Å². The fourth-order valence-corrected chi connectivity index (χ4v) is 2.73. The zero-order valence-corrected chi connectivity index (χ0v) is 14.6. The summed E-state index contributed by atoms with van der Waals surface area (Å²) in [5.74, 6) is 0. The summed E-state index contributed by atoms with van der Waals surface area (Å²) in [4.78, 5) is 0. The molecule has 1 rings (SSSR count). The quantitative estimate of drug-likeness (QED) is 0.564. The first-order chi connectivity index (χ1) is 10.2. The predicted octanol–water partition coefficient (Wildman–Crippen LogP) is 4.74. The Kier molecular flexibility index (Phi) is 9.40. The van der Waals surface area contributed by atoms with E-state index in [1.54, 1.807) is 0 Å². The van der Waals surface area contributed by atoms with Gasteiger partial charge < -0.3 is 5.32 Å². The maximum atomic E-state index is 4.74. The highest BCUT2D eigenvalue weighted by Gasteiger charge is 2.11. The first-order valence-corrected chi connectivity index (χ1v) is 8.98. The lowest BCUT2D eigenvalue weighted by atomic mass is 10.0. The van der Waals surface area contributed by atoms with Gasteiger partial charge in [0.15, 0.2) is 0 Å². The number of aromatic nitrogens is 2. The van der Waals surface area contributed by atoms with E-state index in [1.807, 2.05) is 0 Å². The fraction of sp³-hybridized carbons (Fsp3) is 0.833. The number of unbranched alkanes of at least 4 members (excludes halogenated alkanes) is 4. The van der Waals surface area contributed by atoms with Gasteiger partial charge in [-0.05, 0) is 32.4 Å². The molecule has 0 aliphatic rings. The second kappa shape index (κ2) is 10.8. The number of rotatable bonds is 12. The smallest absolute Gasteiger partial charge is 0.0640 e. The van der Waals surface area contributed by atoms with Crippen molar-refractivity contribution in [3.63, 3.8) is 0 Å². The van der Waals surface area contributed by atoms with E-state index in [4.69, 9.17) is 5.10 Å². The third-order valence-corrected chi connectivity index (χ3v) is 4.31. The van der Waals surface area contributed by atoms with Crippen LogP contribution in [0.1, 0.15) is 84.4 Å². The van der Waals surface area contributed by atoms with Crippen LogP contribution in [0.4, 0.5) is 0 Å². The van der Waals surface area contributed by atoms with Gasteiger partial charge in [-0.15, -0.1) is 0 Å². The Morgan fingerprint density at radius 2 is 1.90 bits per heavy atom. The lowest BCUT2D eigenvalue weighted by Crippen LogP contribution is -2.31. The van der Waals surface area contributed by atoms with E-state index in [0.717, 1.165) is 19.4 Å². The molecule has 3 nitrogen and oxygen atoms in total. The Hall–Kier alpha value is -0.830. The van der Waals surface area contributed by atoms with E-state index < -0.39 is 0 Å². The van der Waals surface area contributed by atoms with E-state index in [1.165, 1.54) is 44.2 Å². The number of nitrogens with one attached hydrogen (secondary N) is 1. The van der Waals surface area contributed by atoms with Crippen LogP contribution in [0.15, 0.2) is 12.3 Å². The van der Waals surface area contributed by atoms with Crippen molar-refractivity contribution in [3.8, 4) is 0 Å². The molecule has 0 saturated heterocycles. The van der Waals surface area contributed by atoms with Crippen LogP contribution in [0.25, 0.3) is 0 Å². The molecule has 122 valence electrons. The van der Waals surface area contributed by atoms with Gasteiger partial charge in [-0.1, -0.05) is 52.9 Å². The Labute approximate surface area is 131 Å². The zero-order chi connectivity index (χ0) is 15.5. The minimum atomic E-state index is 0.505. The Morgan fingerprint density at radius 1 is 1.14 bits per heavy atom. The molecule has 1 heterocycles. The largest absolute Gasteiger partial charge is 0.314 e. The lowest BCUT2D eigenvalue weighted by Gasteiger charge is -2.17. The SMILES string of the molecule is CCCCCCCC(Cc1ccn(C(C)CC)n1)NCC. The van der Waals surface area contributed by atoms with Crippen molar-refractivity contribution < 1.29 is 0 Å². The minimum Gasteiger partial charge on any atom is -0.314 e. The summed E-state index contributed by atoms with van der Waals surface area (Å²) in [6.07, 6.45) is 12.4. The van der Waals surface area contributed by atoms with Gasteiger partial charge in [0.05, 0.1) is 5.69 Å². The maximum absolute atomic E-state index is 4.74. The fourth-order valence-electron chi connectivity index (χ4n) is 2.73. The van der Waals surface area contributed by atoms with Gasteiger partial charge in [0.2, 0.25) is 0 Å². The van der Waals surface area contributed by atoms with Gasteiger partial charge in [0.1, 0.15) is 0 Å². The van der Waals surface area contributed by atoms with Crippen molar-refractivity contribution in [2.75, 3.05) is 6.54 Å². The van der Waals surface area contributed by atoms with Crippen molar-refractivity contribution in [1.29, 1.82) is 0 Å². The molecule has 1 aromatic rings. The molecule has 0 amide bonds. The molecule has 0 aromatic carbocycles. The van der Waals surface area contributed by atoms with Crippen molar-refractivity contribution in [1.82, 2.24) is 15.1 Å². The van der Waals surface area contributed by atoms with Crippen molar-refractivity contribution in [2.24, 2.45) is 0 Å². The van der Waals surface area contributed by atoms with E-state index in [0.29, 0.717) is 12.1 Å². The monoisotopic (exact) mass is 293 g/mol. The summed E-state index contributed by atoms with van der Waals surface area (Å²) in [6.45, 7) is 9.96. The van der Waals surface area contributed by atoms with E-state index in [-0.39, 0.29) is 0 Å². The lowest BCUT2D eigenvalue weighted by molar-refractivity contribution is 0.444. The van der Waals surface area contributed by atoms with Gasteiger partial charge in [0.25, 0.3) is 0 Å². The average molecular weight is 293 g/mol. The van der Waals surface area contributed by atoms with Gasteiger partial charge in [-0.2, -0.15) is 5.10 Å². The Balaban J connectivity index is 2.40. The predicted molar refractivity (Wildman–Crippen MR) is 91.8 cm³/mol. The summed E-state index contributed by atoms with van der Waals surface area (Å²) in [5.41, 5.74) is 1.23. The highest BCUT2D eigenvalue weighted by molar-refractivity contribution is 5.02. The third kappa shape index (κ3) is 7.12. The molecule has 0 radical (unpaired) electrons. The summed E-state index contributed by atoms with van der Waals surface area (Å²) >= 11 is 0. The topological polar surface area (TPSA) is 29.9 Å². The highest BCUT2D eigenvalue weighted by atomic mass is 15.3. The van der Waals surface area contributed by atoms with Crippen LogP contribution in [-0.2, 0) is 6.42 Å². The van der Waals surface area contributed by atoms with Crippen LogP contribution in [0, 0.1) is 0 Å². The molecular weight excluding hydrogens is 258 g/mol. The molecule has 2 unspecified atom stereocenters. The molecule has 1 N–H and O–H groups in total. The van der Waals surface area contributed by atoms with E-state index in [2.05, 4.69) is 50.0 Å². The molecular formula is C18H35N3. The minimum absolute atomic E-state index is 0.505. The average Bonchev–Trinajstić information content (AvgIpc) is 2.95. The third-order valence-electron chi connectivity index (χ3n) is 4.31. The molecule has 1 aromatic heterocycles. The summed E-state index contributed by atoms with van der Waals surface area (Å²) in [7, 11) is 0. The normalized spacial score (nSPS) is 14.3.